The highest BCUT2D eigenvalue weighted by atomic mass is 32.2. The molecule has 1 atom stereocenters. The first-order valence-electron chi connectivity index (χ1n) is 9.64. The van der Waals surface area contributed by atoms with Gasteiger partial charge < -0.3 is 10.1 Å². The quantitative estimate of drug-likeness (QED) is 0.746. The molecular weight excluding hydrogens is 395 g/mol. The van der Waals surface area contributed by atoms with E-state index in [4.69, 9.17) is 4.74 Å². The molecule has 0 aromatic heterocycles. The van der Waals surface area contributed by atoms with Crippen LogP contribution in [0.25, 0.3) is 0 Å². The first-order valence-corrected chi connectivity index (χ1v) is 11.1. The summed E-state index contributed by atoms with van der Waals surface area (Å²) in [6.45, 7) is 2.69. The van der Waals surface area contributed by atoms with E-state index in [1.54, 1.807) is 31.2 Å². The van der Waals surface area contributed by atoms with Crippen LogP contribution in [-0.4, -0.2) is 38.3 Å². The van der Waals surface area contributed by atoms with Gasteiger partial charge in [0.2, 0.25) is 10.0 Å². The molecule has 0 unspecified atom stereocenters. The number of amides is 1. The zero-order valence-corrected chi connectivity index (χ0v) is 17.1. The number of piperidine rings is 1. The van der Waals surface area contributed by atoms with Gasteiger partial charge in [-0.05, 0) is 61.7 Å². The number of ether oxygens (including phenoxy) is 1. The van der Waals surface area contributed by atoms with Crippen molar-refractivity contribution in [2.24, 2.45) is 0 Å². The van der Waals surface area contributed by atoms with Crippen molar-refractivity contribution in [1.29, 1.82) is 0 Å². The van der Waals surface area contributed by atoms with E-state index in [0.29, 0.717) is 18.8 Å². The molecule has 2 aromatic carbocycles. The number of halogens is 1. The molecular formula is C21H25FN2O4S. The zero-order chi connectivity index (χ0) is 20.9. The molecule has 1 aliphatic rings. The van der Waals surface area contributed by atoms with E-state index in [-0.39, 0.29) is 29.3 Å². The third-order valence-corrected chi connectivity index (χ3v) is 6.81. The van der Waals surface area contributed by atoms with E-state index < -0.39 is 10.0 Å². The lowest BCUT2D eigenvalue weighted by atomic mass is 10.1. The van der Waals surface area contributed by atoms with Gasteiger partial charge in [-0.1, -0.05) is 18.6 Å². The molecule has 156 valence electrons. The van der Waals surface area contributed by atoms with Crippen LogP contribution in [0.4, 0.5) is 4.39 Å². The second-order valence-corrected chi connectivity index (χ2v) is 9.00. The van der Waals surface area contributed by atoms with Gasteiger partial charge in [0.15, 0.2) is 6.61 Å². The lowest BCUT2D eigenvalue weighted by molar-refractivity contribution is -0.123. The molecule has 0 radical (unpaired) electrons. The van der Waals surface area contributed by atoms with Crippen LogP contribution in [0, 0.1) is 5.82 Å². The molecule has 0 saturated carbocycles. The van der Waals surface area contributed by atoms with Gasteiger partial charge in [-0.2, -0.15) is 4.31 Å². The molecule has 8 heteroatoms. The SMILES string of the molecule is C[C@H](NC(=O)COc1ccc(S(=O)(=O)N2CCCCC2)cc1)c1ccc(F)cc1. The van der Waals surface area contributed by atoms with Gasteiger partial charge in [-0.15, -0.1) is 0 Å². The van der Waals surface area contributed by atoms with E-state index in [1.807, 2.05) is 0 Å². The summed E-state index contributed by atoms with van der Waals surface area (Å²) in [4.78, 5) is 12.3. The van der Waals surface area contributed by atoms with Gasteiger partial charge >= 0.3 is 0 Å². The summed E-state index contributed by atoms with van der Waals surface area (Å²) in [6.07, 6.45) is 2.82. The monoisotopic (exact) mass is 420 g/mol. The van der Waals surface area contributed by atoms with Crippen LogP contribution >= 0.6 is 0 Å². The number of carbonyl (C=O) groups is 1. The van der Waals surface area contributed by atoms with Gasteiger partial charge in [0.25, 0.3) is 5.91 Å². The topological polar surface area (TPSA) is 75.7 Å². The lowest BCUT2D eigenvalue weighted by Gasteiger charge is -2.25. The fourth-order valence-electron chi connectivity index (χ4n) is 3.23. The van der Waals surface area contributed by atoms with Gasteiger partial charge in [0.1, 0.15) is 11.6 Å². The lowest BCUT2D eigenvalue weighted by Crippen LogP contribution is -2.35. The van der Waals surface area contributed by atoms with Crippen molar-refractivity contribution < 1.29 is 22.3 Å². The average Bonchev–Trinajstić information content (AvgIpc) is 2.73. The number of hydrogen-bond donors (Lipinski definition) is 1. The molecule has 1 heterocycles. The number of rotatable bonds is 7. The maximum absolute atomic E-state index is 13.0. The predicted molar refractivity (Wildman–Crippen MR) is 108 cm³/mol. The van der Waals surface area contributed by atoms with E-state index in [2.05, 4.69) is 5.32 Å². The summed E-state index contributed by atoms with van der Waals surface area (Å²) in [5.41, 5.74) is 0.784. The van der Waals surface area contributed by atoms with Crippen LogP contribution in [0.1, 0.15) is 37.8 Å². The van der Waals surface area contributed by atoms with Crippen LogP contribution in [0.5, 0.6) is 5.75 Å². The molecule has 1 aliphatic heterocycles. The highest BCUT2D eigenvalue weighted by molar-refractivity contribution is 7.89. The first kappa shape index (κ1) is 21.3. The van der Waals surface area contributed by atoms with Gasteiger partial charge in [0.05, 0.1) is 10.9 Å². The molecule has 1 amide bonds. The van der Waals surface area contributed by atoms with E-state index >= 15 is 0 Å². The number of sulfonamides is 1. The molecule has 29 heavy (non-hydrogen) atoms. The minimum atomic E-state index is -3.49. The third kappa shape index (κ3) is 5.55. The maximum Gasteiger partial charge on any atom is 0.258 e. The van der Waals surface area contributed by atoms with E-state index in [9.17, 15) is 17.6 Å². The molecule has 1 saturated heterocycles. The van der Waals surface area contributed by atoms with E-state index in [1.165, 1.54) is 28.6 Å². The van der Waals surface area contributed by atoms with Crippen molar-refractivity contribution in [2.45, 2.75) is 37.1 Å². The predicted octanol–water partition coefficient (Wildman–Crippen LogP) is 3.26. The van der Waals surface area contributed by atoms with Crippen LogP contribution in [0.2, 0.25) is 0 Å². The Hall–Kier alpha value is -2.45. The molecule has 1 fully saturated rings. The molecule has 0 bridgehead atoms. The Morgan fingerprint density at radius 1 is 1.07 bits per heavy atom. The fraction of sp³-hybridized carbons (Fsp3) is 0.381. The smallest absolute Gasteiger partial charge is 0.258 e. The Labute approximate surface area is 170 Å². The largest absolute Gasteiger partial charge is 0.484 e. The van der Waals surface area contributed by atoms with Crippen molar-refractivity contribution in [3.63, 3.8) is 0 Å². The summed E-state index contributed by atoms with van der Waals surface area (Å²) in [5, 5.41) is 2.78. The Morgan fingerprint density at radius 3 is 2.31 bits per heavy atom. The van der Waals surface area contributed by atoms with Crippen LogP contribution in [0.3, 0.4) is 0 Å². The molecule has 0 spiro atoms. The molecule has 2 aromatic rings. The summed E-state index contributed by atoms with van der Waals surface area (Å²) in [7, 11) is -3.49. The Bertz CT molecular complexity index is 924. The number of benzene rings is 2. The number of carbonyl (C=O) groups excluding carboxylic acids is 1. The fourth-order valence-corrected chi connectivity index (χ4v) is 4.75. The molecule has 3 rings (SSSR count). The number of nitrogens with zero attached hydrogens (tertiary/aromatic N) is 1. The molecule has 1 N–H and O–H groups in total. The number of hydrogen-bond acceptors (Lipinski definition) is 4. The van der Waals surface area contributed by atoms with E-state index in [0.717, 1.165) is 24.8 Å². The van der Waals surface area contributed by atoms with Gasteiger partial charge in [0, 0.05) is 13.1 Å². The highest BCUT2D eigenvalue weighted by Crippen LogP contribution is 2.22. The van der Waals surface area contributed by atoms with Crippen molar-refractivity contribution in [3.8, 4) is 5.75 Å². The average molecular weight is 421 g/mol. The maximum atomic E-state index is 13.0. The summed E-state index contributed by atoms with van der Waals surface area (Å²) >= 11 is 0. The second kappa shape index (κ2) is 9.37. The normalized spacial score (nSPS) is 16.2. The third-order valence-electron chi connectivity index (χ3n) is 4.89. The standard InChI is InChI=1S/C21H25FN2O4S/c1-16(17-5-7-18(22)8-6-17)23-21(25)15-28-19-9-11-20(12-10-19)29(26,27)24-13-3-2-4-14-24/h5-12,16H,2-4,13-15H2,1H3,(H,23,25)/t16-/m0/s1. The van der Waals surface area contributed by atoms with Crippen molar-refractivity contribution in [2.75, 3.05) is 19.7 Å². The van der Waals surface area contributed by atoms with Gasteiger partial charge in [-0.3, -0.25) is 4.79 Å². The van der Waals surface area contributed by atoms with Crippen molar-refractivity contribution in [1.82, 2.24) is 9.62 Å². The zero-order valence-electron chi connectivity index (χ0n) is 16.3. The first-order chi connectivity index (χ1) is 13.9. The summed E-state index contributed by atoms with van der Waals surface area (Å²) < 4.78 is 45.2. The minimum Gasteiger partial charge on any atom is -0.484 e. The summed E-state index contributed by atoms with van der Waals surface area (Å²) in [5.74, 6) is -0.250. The van der Waals surface area contributed by atoms with Crippen molar-refractivity contribution >= 4 is 15.9 Å². The Balaban J connectivity index is 1.53. The summed E-state index contributed by atoms with van der Waals surface area (Å²) in [6, 6.07) is 11.7. The minimum absolute atomic E-state index is 0.205. The van der Waals surface area contributed by atoms with Gasteiger partial charge in [-0.25, -0.2) is 12.8 Å². The van der Waals surface area contributed by atoms with Crippen LogP contribution in [0.15, 0.2) is 53.4 Å². The van der Waals surface area contributed by atoms with Crippen LogP contribution < -0.4 is 10.1 Å². The Kier molecular flexibility index (Phi) is 6.87. The second-order valence-electron chi connectivity index (χ2n) is 7.07. The molecule has 0 aliphatic carbocycles. The highest BCUT2D eigenvalue weighted by Gasteiger charge is 2.25. The Morgan fingerprint density at radius 2 is 1.69 bits per heavy atom. The number of nitrogens with one attached hydrogen (secondary N) is 1. The molecule has 6 nitrogen and oxygen atoms in total. The van der Waals surface area contributed by atoms with Crippen LogP contribution in [-0.2, 0) is 14.8 Å². The van der Waals surface area contributed by atoms with Crippen molar-refractivity contribution in [3.05, 3.63) is 59.9 Å².